The highest BCUT2D eigenvalue weighted by atomic mass is 31.2. The minimum Gasteiger partial charge on any atom is -0.328 e. The van der Waals surface area contributed by atoms with Gasteiger partial charge in [-0.1, -0.05) is 0 Å². The van der Waals surface area contributed by atoms with Gasteiger partial charge in [0, 0.05) is 6.54 Å². The molecule has 0 amide bonds. The van der Waals surface area contributed by atoms with Crippen LogP contribution in [0.25, 0.3) is 0 Å². The van der Waals surface area contributed by atoms with Gasteiger partial charge in [-0.15, -0.1) is 4.67 Å². The van der Waals surface area contributed by atoms with Crippen LogP contribution in [0.4, 0.5) is 0 Å². The van der Waals surface area contributed by atoms with Crippen LogP contribution in [0.5, 0.6) is 0 Å². The van der Waals surface area contributed by atoms with Gasteiger partial charge in [0.05, 0.1) is 0 Å². The molecule has 0 aromatic carbocycles. The zero-order valence-corrected chi connectivity index (χ0v) is 6.32. The van der Waals surface area contributed by atoms with Crippen molar-refractivity contribution in [3.05, 3.63) is 0 Å². The number of rotatable bonds is 4. The zero-order valence-electron chi connectivity index (χ0n) is 5.43. The van der Waals surface area contributed by atoms with E-state index in [2.05, 4.69) is 9.56 Å². The van der Waals surface area contributed by atoms with E-state index in [-0.39, 0.29) is 6.54 Å². The Morgan fingerprint density at radius 2 is 2.20 bits per heavy atom. The molecule has 0 aliphatic carbocycles. The van der Waals surface area contributed by atoms with Crippen LogP contribution in [0.1, 0.15) is 6.92 Å². The number of nitrogens with two attached hydrogens (primary N) is 1. The number of hydrogen-bond donors (Lipinski definition) is 3. The van der Waals surface area contributed by atoms with Crippen LogP contribution in [0.15, 0.2) is 0 Å². The number of hydrogen-bond acceptors (Lipinski definition) is 4. The van der Waals surface area contributed by atoms with Gasteiger partial charge in [-0.25, -0.2) is 9.45 Å². The summed E-state index contributed by atoms with van der Waals surface area (Å²) in [6, 6.07) is 0. The van der Waals surface area contributed by atoms with Gasteiger partial charge < -0.3 is 15.5 Å². The van der Waals surface area contributed by atoms with Crippen molar-refractivity contribution in [3.63, 3.8) is 0 Å². The molecule has 0 rings (SSSR count). The van der Waals surface area contributed by atoms with E-state index < -0.39 is 13.9 Å². The molecule has 62 valence electrons. The van der Waals surface area contributed by atoms with E-state index in [0.717, 1.165) is 0 Å². The molecule has 0 spiro atoms. The molecule has 0 radical (unpaired) electrons. The second-order valence-corrected chi connectivity index (χ2v) is 2.84. The Labute approximate surface area is 58.1 Å². The Morgan fingerprint density at radius 3 is 2.50 bits per heavy atom. The third-order valence-electron chi connectivity index (χ3n) is 0.636. The second-order valence-electron chi connectivity index (χ2n) is 1.71. The molecule has 1 unspecified atom stereocenters. The molecule has 10 heavy (non-hydrogen) atoms. The van der Waals surface area contributed by atoms with E-state index in [4.69, 9.17) is 15.5 Å². The van der Waals surface area contributed by atoms with Crippen molar-refractivity contribution in [1.29, 1.82) is 0 Å². The van der Waals surface area contributed by atoms with Crippen LogP contribution in [-0.4, -0.2) is 22.4 Å². The van der Waals surface area contributed by atoms with Crippen molar-refractivity contribution in [3.8, 4) is 0 Å². The van der Waals surface area contributed by atoms with E-state index >= 15 is 0 Å². The molecule has 6 nitrogen and oxygen atoms in total. The second kappa shape index (κ2) is 4.02. The summed E-state index contributed by atoms with van der Waals surface area (Å²) in [5.41, 5.74) is 5.04. The summed E-state index contributed by atoms with van der Waals surface area (Å²) >= 11 is 0. The average Bonchev–Trinajstić information content (AvgIpc) is 1.81. The monoisotopic (exact) mass is 171 g/mol. The lowest BCUT2D eigenvalue weighted by molar-refractivity contribution is -0.250. The van der Waals surface area contributed by atoms with Gasteiger partial charge in [0.1, 0.15) is 6.10 Å². The minimum atomic E-state index is -4.51. The first-order chi connectivity index (χ1) is 4.45. The highest BCUT2D eigenvalue weighted by molar-refractivity contribution is 7.46. The fourth-order valence-corrected chi connectivity index (χ4v) is 0.428. The summed E-state index contributed by atoms with van der Waals surface area (Å²) < 4.78 is 13.6. The molecule has 0 heterocycles. The van der Waals surface area contributed by atoms with Crippen LogP contribution >= 0.6 is 7.82 Å². The van der Waals surface area contributed by atoms with E-state index in [0.29, 0.717) is 0 Å². The molecule has 7 heteroatoms. The summed E-state index contributed by atoms with van der Waals surface area (Å²) in [5.74, 6) is 0. The molecule has 0 aromatic heterocycles. The maximum atomic E-state index is 9.96. The average molecular weight is 171 g/mol. The molecule has 0 aliphatic rings. The molecule has 0 saturated heterocycles. The van der Waals surface area contributed by atoms with Gasteiger partial charge >= 0.3 is 7.82 Å². The molecule has 0 aromatic rings. The molecule has 0 bridgehead atoms. The van der Waals surface area contributed by atoms with Crippen LogP contribution in [0.3, 0.4) is 0 Å². The van der Waals surface area contributed by atoms with Gasteiger partial charge in [-0.05, 0) is 6.92 Å². The van der Waals surface area contributed by atoms with Crippen molar-refractivity contribution in [1.82, 2.24) is 0 Å². The van der Waals surface area contributed by atoms with E-state index in [9.17, 15) is 4.57 Å². The van der Waals surface area contributed by atoms with Crippen molar-refractivity contribution in [2.24, 2.45) is 5.73 Å². The first-order valence-electron chi connectivity index (χ1n) is 2.56. The molecule has 0 saturated carbocycles. The summed E-state index contributed by atoms with van der Waals surface area (Å²) in [5, 5.41) is 0. The minimum absolute atomic E-state index is 0.139. The van der Waals surface area contributed by atoms with Gasteiger partial charge in [0.25, 0.3) is 0 Å². The Bertz CT molecular complexity index is 133. The van der Waals surface area contributed by atoms with E-state index in [1.807, 2.05) is 0 Å². The molecular weight excluding hydrogens is 161 g/mol. The third-order valence-corrected chi connectivity index (χ3v) is 0.917. The van der Waals surface area contributed by atoms with Crippen molar-refractivity contribution < 1.29 is 23.9 Å². The highest BCUT2D eigenvalue weighted by Crippen LogP contribution is 2.36. The first-order valence-corrected chi connectivity index (χ1v) is 4.09. The Hall–Kier alpha value is 0.0300. The van der Waals surface area contributed by atoms with Crippen LogP contribution < -0.4 is 5.73 Å². The quantitative estimate of drug-likeness (QED) is 0.296. The summed E-state index contributed by atoms with van der Waals surface area (Å²) in [6.07, 6.45) is -0.521. The highest BCUT2D eigenvalue weighted by Gasteiger charge is 2.16. The maximum absolute atomic E-state index is 9.96. The maximum Gasteiger partial charge on any atom is 0.496 e. The summed E-state index contributed by atoms with van der Waals surface area (Å²) in [4.78, 5) is 20.3. The van der Waals surface area contributed by atoms with Gasteiger partial charge in [-0.3, -0.25) is 0 Å². The largest absolute Gasteiger partial charge is 0.496 e. The smallest absolute Gasteiger partial charge is 0.328 e. The first kappa shape index (κ1) is 10.0. The summed E-state index contributed by atoms with van der Waals surface area (Å²) in [6.45, 7) is 1.66. The Morgan fingerprint density at radius 1 is 1.70 bits per heavy atom. The third kappa shape index (κ3) is 6.15. The Kier molecular flexibility index (Phi) is 4.04. The number of phosphoric acid groups is 1. The predicted octanol–water partition coefficient (Wildman–Crippen LogP) is -0.625. The SMILES string of the molecule is CC(CN)OOP(=O)(O)O. The normalized spacial score (nSPS) is 15.2. The van der Waals surface area contributed by atoms with Gasteiger partial charge in [0.15, 0.2) is 0 Å². The van der Waals surface area contributed by atoms with Gasteiger partial charge in [-0.2, -0.15) is 0 Å². The molecule has 1 atom stereocenters. The molecule has 4 N–H and O–H groups in total. The predicted molar refractivity (Wildman–Crippen MR) is 32.7 cm³/mol. The topological polar surface area (TPSA) is 102 Å². The van der Waals surface area contributed by atoms with E-state index in [1.54, 1.807) is 0 Å². The van der Waals surface area contributed by atoms with Crippen LogP contribution in [-0.2, 0) is 14.1 Å². The molecule has 0 aliphatic heterocycles. The standard InChI is InChI=1S/C3H10NO5P/c1-3(2-4)8-9-10(5,6)7/h3H,2,4H2,1H3,(H2,5,6,7). The fourth-order valence-electron chi connectivity index (χ4n) is 0.169. The molecular formula is C3H10NO5P. The van der Waals surface area contributed by atoms with Crippen LogP contribution in [0, 0.1) is 0 Å². The Balaban J connectivity index is 3.46. The lowest BCUT2D eigenvalue weighted by atomic mass is 10.4. The fraction of sp³-hybridized carbons (Fsp3) is 1.00. The summed E-state index contributed by atoms with van der Waals surface area (Å²) in [7, 11) is -4.51. The van der Waals surface area contributed by atoms with Gasteiger partial charge in [0.2, 0.25) is 0 Å². The van der Waals surface area contributed by atoms with Crippen LogP contribution in [0.2, 0.25) is 0 Å². The van der Waals surface area contributed by atoms with E-state index in [1.165, 1.54) is 6.92 Å². The lowest BCUT2D eigenvalue weighted by Crippen LogP contribution is -2.19. The lowest BCUT2D eigenvalue weighted by Gasteiger charge is -2.08. The van der Waals surface area contributed by atoms with Crippen molar-refractivity contribution in [2.75, 3.05) is 6.54 Å². The zero-order chi connectivity index (χ0) is 8.20. The van der Waals surface area contributed by atoms with Crippen molar-refractivity contribution >= 4 is 7.82 Å². The molecule has 0 fully saturated rings. The van der Waals surface area contributed by atoms with Crippen molar-refractivity contribution in [2.45, 2.75) is 13.0 Å².